The minimum absolute atomic E-state index is 0.0476. The van der Waals surface area contributed by atoms with Gasteiger partial charge in [-0.3, -0.25) is 14.4 Å². The third-order valence-corrected chi connectivity index (χ3v) is 9.67. The molecule has 3 unspecified atom stereocenters. The van der Waals surface area contributed by atoms with Crippen LogP contribution in [0.1, 0.15) is 61.0 Å². The first-order valence-electron chi connectivity index (χ1n) is 14.5. The molecule has 2 rings (SSSR count). The van der Waals surface area contributed by atoms with Crippen molar-refractivity contribution >= 4 is 43.7 Å². The fraction of sp³-hybridized carbons (Fsp3) is 0.485. The van der Waals surface area contributed by atoms with Crippen molar-refractivity contribution in [1.29, 1.82) is 0 Å². The summed E-state index contributed by atoms with van der Waals surface area (Å²) in [6, 6.07) is 13.6. The van der Waals surface area contributed by atoms with Crippen molar-refractivity contribution in [3.63, 3.8) is 0 Å². The van der Waals surface area contributed by atoms with Crippen molar-refractivity contribution in [3.05, 3.63) is 76.3 Å². The van der Waals surface area contributed by atoms with E-state index in [1.807, 2.05) is 78.8 Å². The third kappa shape index (κ3) is 9.25. The summed E-state index contributed by atoms with van der Waals surface area (Å²) in [5.41, 5.74) is -0.111. The Labute approximate surface area is 271 Å². The van der Waals surface area contributed by atoms with E-state index in [0.717, 1.165) is 5.56 Å². The summed E-state index contributed by atoms with van der Waals surface area (Å²) >= 11 is 3.27. The predicted octanol–water partition coefficient (Wildman–Crippen LogP) is 4.78. The standard InChI is InChI=1S/C33H47BrN4O5S/c1-21(2)26(20-22(3)29(39)37-44(42,43)25-18-16-24(34)17-19-25)38(10)31(41)28(32(4,5)6)36-30(40)27(35-9)33(7,8)23-14-12-11-13-15-23/h11-21,26-28,35H,1-10H3,(H,36,40)(H,37,39)/b22-20+. The van der Waals surface area contributed by atoms with Crippen LogP contribution >= 0.6 is 15.9 Å². The topological polar surface area (TPSA) is 125 Å². The quantitative estimate of drug-likeness (QED) is 0.276. The molecule has 2 aromatic rings. The molecule has 3 amide bonds. The molecule has 0 fully saturated rings. The van der Waals surface area contributed by atoms with E-state index < -0.39 is 44.9 Å². The third-order valence-electron chi connectivity index (χ3n) is 7.80. The Balaban J connectivity index is 2.33. The lowest BCUT2D eigenvalue weighted by atomic mass is 9.76. The SMILES string of the molecule is CNC(C(=O)NC(C(=O)N(C)C(/C=C(\C)C(=O)NS(=O)(=O)c1ccc(Br)cc1)C(C)C)C(C)(C)C)C(C)(C)c1ccccc1. The zero-order valence-electron chi connectivity index (χ0n) is 27.4. The normalized spacial score (nSPS) is 14.9. The van der Waals surface area contributed by atoms with Gasteiger partial charge in [0.15, 0.2) is 0 Å². The Morgan fingerprint density at radius 2 is 1.45 bits per heavy atom. The molecule has 0 radical (unpaired) electrons. The van der Waals surface area contributed by atoms with Crippen molar-refractivity contribution in [2.24, 2.45) is 11.3 Å². The average Bonchev–Trinajstić information content (AvgIpc) is 2.93. The Bertz CT molecular complexity index is 1450. The molecule has 0 heterocycles. The number of nitrogens with one attached hydrogen (secondary N) is 3. The van der Waals surface area contributed by atoms with Gasteiger partial charge >= 0.3 is 0 Å². The molecule has 0 aliphatic rings. The monoisotopic (exact) mass is 690 g/mol. The summed E-state index contributed by atoms with van der Waals surface area (Å²) in [6.07, 6.45) is 1.59. The molecule has 3 N–H and O–H groups in total. The number of carbonyl (C=O) groups is 3. The number of hydrogen-bond donors (Lipinski definition) is 3. The van der Waals surface area contributed by atoms with Crippen molar-refractivity contribution in [1.82, 2.24) is 20.3 Å². The van der Waals surface area contributed by atoms with E-state index in [1.54, 1.807) is 32.3 Å². The van der Waals surface area contributed by atoms with E-state index in [0.29, 0.717) is 4.47 Å². The van der Waals surface area contributed by atoms with Gasteiger partial charge in [-0.25, -0.2) is 13.1 Å². The largest absolute Gasteiger partial charge is 0.342 e. The summed E-state index contributed by atoms with van der Waals surface area (Å²) in [5, 5.41) is 6.15. The van der Waals surface area contributed by atoms with E-state index in [4.69, 9.17) is 0 Å². The molecule has 3 atom stereocenters. The van der Waals surface area contributed by atoms with E-state index in [2.05, 4.69) is 31.3 Å². The fourth-order valence-electron chi connectivity index (χ4n) is 5.04. The van der Waals surface area contributed by atoms with E-state index in [9.17, 15) is 22.8 Å². The van der Waals surface area contributed by atoms with Crippen LogP contribution in [0.15, 0.2) is 75.6 Å². The summed E-state index contributed by atoms with van der Waals surface area (Å²) in [5.74, 6) is -1.56. The first-order chi connectivity index (χ1) is 20.2. The Kier molecular flexibility index (Phi) is 12.5. The predicted molar refractivity (Wildman–Crippen MR) is 178 cm³/mol. The van der Waals surface area contributed by atoms with Crippen LogP contribution in [0.25, 0.3) is 0 Å². The Hall–Kier alpha value is -3.02. The van der Waals surface area contributed by atoms with E-state index >= 15 is 0 Å². The second-order valence-electron chi connectivity index (χ2n) is 13.0. The van der Waals surface area contributed by atoms with Crippen molar-refractivity contribution in [2.75, 3.05) is 14.1 Å². The minimum Gasteiger partial charge on any atom is -0.342 e. The van der Waals surface area contributed by atoms with E-state index in [-0.39, 0.29) is 28.2 Å². The maximum absolute atomic E-state index is 14.1. The van der Waals surface area contributed by atoms with Crippen LogP contribution in [-0.2, 0) is 29.8 Å². The van der Waals surface area contributed by atoms with Crippen LogP contribution in [0.5, 0.6) is 0 Å². The second-order valence-corrected chi connectivity index (χ2v) is 15.6. The molecule has 0 saturated heterocycles. The van der Waals surface area contributed by atoms with Gasteiger partial charge in [0.1, 0.15) is 6.04 Å². The van der Waals surface area contributed by atoms with Gasteiger partial charge in [0.2, 0.25) is 11.8 Å². The molecule has 0 saturated carbocycles. The molecule has 44 heavy (non-hydrogen) atoms. The van der Waals surface area contributed by atoms with Gasteiger partial charge in [-0.1, -0.05) is 101 Å². The molecule has 0 aromatic heterocycles. The maximum Gasteiger partial charge on any atom is 0.264 e. The Morgan fingerprint density at radius 3 is 1.93 bits per heavy atom. The Morgan fingerprint density at radius 1 is 0.909 bits per heavy atom. The number of nitrogens with zero attached hydrogens (tertiary/aromatic N) is 1. The first-order valence-corrected chi connectivity index (χ1v) is 16.8. The summed E-state index contributed by atoms with van der Waals surface area (Å²) in [4.78, 5) is 42.2. The van der Waals surface area contributed by atoms with Gasteiger partial charge in [-0.05, 0) is 55.1 Å². The molecular weight excluding hydrogens is 644 g/mol. The molecule has 2 aromatic carbocycles. The van der Waals surface area contributed by atoms with Crippen LogP contribution in [0.4, 0.5) is 0 Å². The highest BCUT2D eigenvalue weighted by atomic mass is 79.9. The molecule has 9 nitrogen and oxygen atoms in total. The average molecular weight is 692 g/mol. The molecule has 0 bridgehead atoms. The van der Waals surface area contributed by atoms with Gasteiger partial charge in [-0.2, -0.15) is 0 Å². The molecule has 0 spiro atoms. The van der Waals surface area contributed by atoms with Crippen LogP contribution < -0.4 is 15.4 Å². The lowest BCUT2D eigenvalue weighted by molar-refractivity contribution is -0.140. The van der Waals surface area contributed by atoms with Gasteiger partial charge in [0, 0.05) is 22.5 Å². The van der Waals surface area contributed by atoms with Crippen LogP contribution in [0.3, 0.4) is 0 Å². The lowest BCUT2D eigenvalue weighted by Crippen LogP contribution is -2.61. The lowest BCUT2D eigenvalue weighted by Gasteiger charge is -2.40. The van der Waals surface area contributed by atoms with Gasteiger partial charge in [0.05, 0.1) is 17.0 Å². The molecule has 0 aliphatic heterocycles. The van der Waals surface area contributed by atoms with Crippen molar-refractivity contribution < 1.29 is 22.8 Å². The van der Waals surface area contributed by atoms with E-state index in [1.165, 1.54) is 24.0 Å². The zero-order valence-corrected chi connectivity index (χ0v) is 29.8. The van der Waals surface area contributed by atoms with Crippen molar-refractivity contribution in [2.45, 2.75) is 83.8 Å². The number of carbonyl (C=O) groups excluding carboxylic acids is 3. The molecular formula is C33H47BrN4O5S. The number of sulfonamides is 1. The van der Waals surface area contributed by atoms with Gasteiger partial charge < -0.3 is 15.5 Å². The minimum atomic E-state index is -4.10. The number of halogens is 1. The second kappa shape index (κ2) is 14.8. The highest BCUT2D eigenvalue weighted by Crippen LogP contribution is 2.29. The first kappa shape index (κ1) is 37.2. The molecule has 11 heteroatoms. The number of rotatable bonds is 12. The van der Waals surface area contributed by atoms with Crippen LogP contribution in [-0.4, -0.2) is 63.3 Å². The molecule has 0 aliphatic carbocycles. The van der Waals surface area contributed by atoms with Gasteiger partial charge in [-0.15, -0.1) is 0 Å². The molecule has 242 valence electrons. The van der Waals surface area contributed by atoms with Gasteiger partial charge in [0.25, 0.3) is 15.9 Å². The fourth-order valence-corrected chi connectivity index (χ4v) is 6.32. The highest BCUT2D eigenvalue weighted by molar-refractivity contribution is 9.10. The van der Waals surface area contributed by atoms with Crippen molar-refractivity contribution in [3.8, 4) is 0 Å². The zero-order chi connectivity index (χ0) is 33.6. The van der Waals surface area contributed by atoms with Crippen LogP contribution in [0, 0.1) is 11.3 Å². The smallest absolute Gasteiger partial charge is 0.264 e. The number of amides is 3. The number of hydrogen-bond acceptors (Lipinski definition) is 6. The summed E-state index contributed by atoms with van der Waals surface area (Å²) in [6.45, 7) is 14.9. The summed E-state index contributed by atoms with van der Waals surface area (Å²) in [7, 11) is -0.750. The number of benzene rings is 2. The van der Waals surface area contributed by atoms with Crippen LogP contribution in [0.2, 0.25) is 0 Å². The highest BCUT2D eigenvalue weighted by Gasteiger charge is 2.41. The maximum atomic E-state index is 14.1. The number of likely N-dealkylation sites (N-methyl/N-ethyl adjacent to an activating group) is 2. The summed E-state index contributed by atoms with van der Waals surface area (Å²) < 4.78 is 28.4.